The third-order valence-corrected chi connectivity index (χ3v) is 4.87. The number of carbonyl (C=O) groups excluding carboxylic acids is 1. The fourth-order valence-corrected chi connectivity index (χ4v) is 3.15. The first-order valence-corrected chi connectivity index (χ1v) is 9.49. The quantitative estimate of drug-likeness (QED) is 0.288. The Labute approximate surface area is 174 Å². The van der Waals surface area contributed by atoms with Gasteiger partial charge in [0.1, 0.15) is 18.1 Å². The number of fused-ring (bicyclic) bond motifs is 1. The number of carbonyl (C=O) groups is 1. The molecule has 0 unspecified atom stereocenters. The first-order valence-electron chi connectivity index (χ1n) is 8.69. The van der Waals surface area contributed by atoms with Crippen LogP contribution in [0.15, 0.2) is 77.0 Å². The molecule has 0 spiro atoms. The van der Waals surface area contributed by atoms with Crippen molar-refractivity contribution in [2.45, 2.75) is 6.61 Å². The van der Waals surface area contributed by atoms with Gasteiger partial charge < -0.3 is 9.47 Å². The van der Waals surface area contributed by atoms with Crippen LogP contribution in [0.2, 0.25) is 0 Å². The summed E-state index contributed by atoms with van der Waals surface area (Å²) in [5.74, 6) is 0.826. The zero-order valence-electron chi connectivity index (χ0n) is 15.0. The van der Waals surface area contributed by atoms with Crippen molar-refractivity contribution in [3.63, 3.8) is 0 Å². The minimum absolute atomic E-state index is 0.0501. The smallest absolute Gasteiger partial charge is 0.270 e. The summed E-state index contributed by atoms with van der Waals surface area (Å²) in [4.78, 5) is 23.0. The van der Waals surface area contributed by atoms with Crippen molar-refractivity contribution in [2.75, 3.05) is 0 Å². The molecule has 0 aliphatic carbocycles. The van der Waals surface area contributed by atoms with Crippen LogP contribution in [0.25, 0.3) is 6.08 Å². The Kier molecular flexibility index (Phi) is 5.14. The number of nitro groups is 1. The van der Waals surface area contributed by atoms with Crippen LogP contribution in [0, 0.1) is 10.1 Å². The largest absolute Gasteiger partial charge is 0.489 e. The summed E-state index contributed by atoms with van der Waals surface area (Å²) in [5, 5.41) is 10.9. The van der Waals surface area contributed by atoms with Crippen molar-refractivity contribution in [1.82, 2.24) is 0 Å². The van der Waals surface area contributed by atoms with Crippen molar-refractivity contribution >= 4 is 33.5 Å². The lowest BCUT2D eigenvalue weighted by Crippen LogP contribution is -1.98. The van der Waals surface area contributed by atoms with E-state index in [4.69, 9.17) is 9.47 Å². The zero-order chi connectivity index (χ0) is 20.4. The predicted octanol–water partition coefficient (Wildman–Crippen LogP) is 5.55. The second-order valence-corrected chi connectivity index (χ2v) is 7.28. The molecule has 0 N–H and O–H groups in total. The number of rotatable bonds is 5. The van der Waals surface area contributed by atoms with Gasteiger partial charge in [0.05, 0.1) is 10.5 Å². The molecule has 3 aromatic carbocycles. The van der Waals surface area contributed by atoms with Crippen molar-refractivity contribution in [3.05, 3.63) is 104 Å². The Bertz CT molecular complexity index is 1140. The first kappa shape index (κ1) is 18.9. The standard InChI is InChI=1S/C22H14BrNO5/c23-16-6-4-14(5-7-16)13-28-18-8-9-19-20(12-18)29-21(22(19)25)11-15-2-1-3-17(10-15)24(26)27/h1-12H,13H2/b21-11-. The van der Waals surface area contributed by atoms with E-state index in [1.54, 1.807) is 30.3 Å². The highest BCUT2D eigenvalue weighted by molar-refractivity contribution is 9.10. The normalized spacial score (nSPS) is 13.8. The van der Waals surface area contributed by atoms with E-state index in [1.165, 1.54) is 18.2 Å². The molecule has 0 fully saturated rings. The van der Waals surface area contributed by atoms with Crippen LogP contribution < -0.4 is 9.47 Å². The van der Waals surface area contributed by atoms with Crippen LogP contribution in [0.1, 0.15) is 21.5 Å². The lowest BCUT2D eigenvalue weighted by atomic mass is 10.1. The van der Waals surface area contributed by atoms with Crippen molar-refractivity contribution in [2.24, 2.45) is 0 Å². The molecular weight excluding hydrogens is 438 g/mol. The Morgan fingerprint density at radius 1 is 1.07 bits per heavy atom. The molecule has 29 heavy (non-hydrogen) atoms. The summed E-state index contributed by atoms with van der Waals surface area (Å²) in [5.41, 5.74) is 1.91. The van der Waals surface area contributed by atoms with E-state index in [0.29, 0.717) is 29.2 Å². The average Bonchev–Trinajstić information content (AvgIpc) is 3.02. The number of benzene rings is 3. The van der Waals surface area contributed by atoms with Crippen molar-refractivity contribution in [3.8, 4) is 11.5 Å². The fraction of sp³-hybridized carbons (Fsp3) is 0.0455. The fourth-order valence-electron chi connectivity index (χ4n) is 2.88. The first-order chi connectivity index (χ1) is 14.0. The topological polar surface area (TPSA) is 78.7 Å². The van der Waals surface area contributed by atoms with E-state index in [1.807, 2.05) is 24.3 Å². The van der Waals surface area contributed by atoms with E-state index in [2.05, 4.69) is 15.9 Å². The Morgan fingerprint density at radius 2 is 1.86 bits per heavy atom. The third kappa shape index (κ3) is 4.20. The van der Waals surface area contributed by atoms with Gasteiger partial charge in [-0.15, -0.1) is 0 Å². The molecule has 4 rings (SSSR count). The molecule has 0 atom stereocenters. The van der Waals surface area contributed by atoms with Gasteiger partial charge in [-0.1, -0.05) is 40.2 Å². The molecule has 1 aliphatic rings. The van der Waals surface area contributed by atoms with Gasteiger partial charge in [0.15, 0.2) is 5.76 Å². The van der Waals surface area contributed by atoms with Crippen LogP contribution in [-0.2, 0) is 6.61 Å². The average molecular weight is 452 g/mol. The molecule has 0 bridgehead atoms. The molecule has 7 heteroatoms. The Balaban J connectivity index is 1.51. The van der Waals surface area contributed by atoms with Gasteiger partial charge in [-0.25, -0.2) is 0 Å². The van der Waals surface area contributed by atoms with Gasteiger partial charge in [-0.3, -0.25) is 14.9 Å². The van der Waals surface area contributed by atoms with E-state index in [9.17, 15) is 14.9 Å². The SMILES string of the molecule is O=C1/C(=C/c2cccc([N+](=O)[O-])c2)Oc2cc(OCc3ccc(Br)cc3)ccc21. The van der Waals surface area contributed by atoms with Crippen LogP contribution in [0.4, 0.5) is 5.69 Å². The van der Waals surface area contributed by atoms with E-state index in [0.717, 1.165) is 10.0 Å². The van der Waals surface area contributed by atoms with Crippen LogP contribution in [-0.4, -0.2) is 10.7 Å². The summed E-state index contributed by atoms with van der Waals surface area (Å²) in [6.45, 7) is 0.385. The molecule has 0 radical (unpaired) electrons. The molecule has 3 aromatic rings. The number of ether oxygens (including phenoxy) is 2. The highest BCUT2D eigenvalue weighted by Gasteiger charge is 2.27. The van der Waals surface area contributed by atoms with Gasteiger partial charge >= 0.3 is 0 Å². The number of ketones is 1. The summed E-state index contributed by atoms with van der Waals surface area (Å²) >= 11 is 3.39. The van der Waals surface area contributed by atoms with Crippen molar-refractivity contribution in [1.29, 1.82) is 0 Å². The summed E-state index contributed by atoms with van der Waals surface area (Å²) in [6.07, 6.45) is 1.50. The summed E-state index contributed by atoms with van der Waals surface area (Å²) < 4.78 is 12.5. The maximum Gasteiger partial charge on any atom is 0.270 e. The third-order valence-electron chi connectivity index (χ3n) is 4.34. The van der Waals surface area contributed by atoms with Gasteiger partial charge in [0, 0.05) is 22.7 Å². The van der Waals surface area contributed by atoms with Crippen LogP contribution >= 0.6 is 15.9 Å². The Hall–Kier alpha value is -3.45. The highest BCUT2D eigenvalue weighted by Crippen LogP contribution is 2.35. The number of nitrogens with zero attached hydrogens (tertiary/aromatic N) is 1. The van der Waals surface area contributed by atoms with Crippen LogP contribution in [0.3, 0.4) is 0 Å². The van der Waals surface area contributed by atoms with Crippen LogP contribution in [0.5, 0.6) is 11.5 Å². The number of halogens is 1. The van der Waals surface area contributed by atoms with E-state index in [-0.39, 0.29) is 17.2 Å². The molecule has 1 aliphatic heterocycles. The minimum Gasteiger partial charge on any atom is -0.489 e. The van der Waals surface area contributed by atoms with Gasteiger partial charge in [0.2, 0.25) is 5.78 Å². The molecule has 0 amide bonds. The zero-order valence-corrected chi connectivity index (χ0v) is 16.6. The number of Topliss-reactive ketones (excluding diaryl/α,β-unsaturated/α-hetero) is 1. The predicted molar refractivity (Wildman–Crippen MR) is 111 cm³/mol. The number of non-ortho nitro benzene ring substituents is 1. The second-order valence-electron chi connectivity index (χ2n) is 6.36. The summed E-state index contributed by atoms with van der Waals surface area (Å²) in [6, 6.07) is 18.8. The van der Waals surface area contributed by atoms with E-state index >= 15 is 0 Å². The molecule has 0 saturated carbocycles. The number of hydrogen-bond acceptors (Lipinski definition) is 5. The lowest BCUT2D eigenvalue weighted by molar-refractivity contribution is -0.384. The number of nitro benzene ring substituents is 1. The number of hydrogen-bond donors (Lipinski definition) is 0. The molecule has 0 aromatic heterocycles. The monoisotopic (exact) mass is 451 g/mol. The molecule has 0 saturated heterocycles. The maximum absolute atomic E-state index is 12.6. The van der Waals surface area contributed by atoms with Crippen molar-refractivity contribution < 1.29 is 19.2 Å². The highest BCUT2D eigenvalue weighted by atomic mass is 79.9. The van der Waals surface area contributed by atoms with Gasteiger partial charge in [0.25, 0.3) is 5.69 Å². The lowest BCUT2D eigenvalue weighted by Gasteiger charge is -2.07. The number of allylic oxidation sites excluding steroid dienone is 1. The molecule has 1 heterocycles. The van der Waals surface area contributed by atoms with E-state index < -0.39 is 4.92 Å². The molecule has 6 nitrogen and oxygen atoms in total. The summed E-state index contributed by atoms with van der Waals surface area (Å²) in [7, 11) is 0. The Morgan fingerprint density at radius 3 is 2.62 bits per heavy atom. The van der Waals surface area contributed by atoms with Gasteiger partial charge in [-0.2, -0.15) is 0 Å². The molecule has 144 valence electrons. The van der Waals surface area contributed by atoms with Gasteiger partial charge in [-0.05, 0) is 41.5 Å². The minimum atomic E-state index is -0.483. The second kappa shape index (κ2) is 7.89. The molecular formula is C22H14BrNO5. The maximum atomic E-state index is 12.6.